The molecule has 1 aromatic rings. The summed E-state index contributed by atoms with van der Waals surface area (Å²) in [5.74, 6) is -0.860. The third kappa shape index (κ3) is 5.36. The molecular weight excluding hydrogens is 272 g/mol. The molecule has 0 saturated carbocycles. The van der Waals surface area contributed by atoms with Crippen LogP contribution in [0.2, 0.25) is 0 Å². The van der Waals surface area contributed by atoms with Crippen LogP contribution in [0.5, 0.6) is 0 Å². The Balaban J connectivity index is 1.75. The molecule has 0 aromatic heterocycles. The molecule has 1 heterocycles. The van der Waals surface area contributed by atoms with E-state index < -0.39 is 11.6 Å². The molecule has 21 heavy (non-hydrogen) atoms. The van der Waals surface area contributed by atoms with Crippen molar-refractivity contribution in [2.75, 3.05) is 32.8 Å². The fourth-order valence-corrected chi connectivity index (χ4v) is 2.99. The van der Waals surface area contributed by atoms with Gasteiger partial charge in [0.05, 0.1) is 6.61 Å². The van der Waals surface area contributed by atoms with Gasteiger partial charge in [0.25, 0.3) is 0 Å². The van der Waals surface area contributed by atoms with Crippen LogP contribution in [0.15, 0.2) is 18.2 Å². The quantitative estimate of drug-likeness (QED) is 0.712. The van der Waals surface area contributed by atoms with Crippen LogP contribution in [-0.2, 0) is 11.2 Å². The largest absolute Gasteiger partial charge is 0.380 e. The molecular formula is C17H25F2NO. The third-order valence-electron chi connectivity index (χ3n) is 4.18. The van der Waals surface area contributed by atoms with Crippen molar-refractivity contribution in [3.8, 4) is 0 Å². The molecule has 0 unspecified atom stereocenters. The Morgan fingerprint density at radius 2 is 2.14 bits per heavy atom. The number of likely N-dealkylation sites (tertiary alicyclic amines) is 1. The van der Waals surface area contributed by atoms with Gasteiger partial charge in [-0.3, -0.25) is 0 Å². The van der Waals surface area contributed by atoms with Gasteiger partial charge in [0.2, 0.25) is 0 Å². The second-order valence-electron chi connectivity index (χ2n) is 5.79. The molecule has 1 aliphatic heterocycles. The summed E-state index contributed by atoms with van der Waals surface area (Å²) in [6.45, 7) is 6.82. The zero-order chi connectivity index (χ0) is 15.1. The lowest BCUT2D eigenvalue weighted by molar-refractivity contribution is 0.0903. The highest BCUT2D eigenvalue weighted by Gasteiger charge is 2.19. The fourth-order valence-electron chi connectivity index (χ4n) is 2.99. The summed E-state index contributed by atoms with van der Waals surface area (Å²) in [4.78, 5) is 2.45. The van der Waals surface area contributed by atoms with E-state index in [1.165, 1.54) is 25.0 Å². The van der Waals surface area contributed by atoms with Gasteiger partial charge in [0.1, 0.15) is 0 Å². The average molecular weight is 297 g/mol. The maximum atomic E-state index is 13.2. The van der Waals surface area contributed by atoms with Crippen molar-refractivity contribution in [1.29, 1.82) is 0 Å². The molecule has 0 radical (unpaired) electrons. The van der Waals surface area contributed by atoms with Crippen LogP contribution in [0.3, 0.4) is 0 Å². The van der Waals surface area contributed by atoms with Gasteiger partial charge in [-0.2, -0.15) is 0 Å². The molecule has 2 rings (SSSR count). The van der Waals surface area contributed by atoms with Crippen LogP contribution in [0, 0.1) is 17.6 Å². The Bertz CT molecular complexity index is 439. The number of piperidine rings is 1. The number of benzene rings is 1. The summed E-state index contributed by atoms with van der Waals surface area (Å²) in [6, 6.07) is 4.24. The van der Waals surface area contributed by atoms with E-state index in [1.807, 2.05) is 6.92 Å². The average Bonchev–Trinajstić information content (AvgIpc) is 2.49. The van der Waals surface area contributed by atoms with E-state index in [0.29, 0.717) is 5.92 Å². The molecule has 0 spiro atoms. The second kappa shape index (κ2) is 8.44. The Kier molecular flexibility index (Phi) is 6.58. The number of rotatable bonds is 7. The first kappa shape index (κ1) is 16.4. The molecule has 4 heteroatoms. The smallest absolute Gasteiger partial charge is 0.159 e. The maximum Gasteiger partial charge on any atom is 0.159 e. The molecule has 1 aromatic carbocycles. The number of hydrogen-bond acceptors (Lipinski definition) is 2. The molecule has 1 fully saturated rings. The molecule has 0 bridgehead atoms. The first-order valence-electron chi connectivity index (χ1n) is 7.93. The summed E-state index contributed by atoms with van der Waals surface area (Å²) in [5.41, 5.74) is 0.889. The number of aryl methyl sites for hydroxylation is 1. The van der Waals surface area contributed by atoms with Crippen molar-refractivity contribution in [1.82, 2.24) is 4.90 Å². The monoisotopic (exact) mass is 297 g/mol. The normalized spacial score (nSPS) is 19.9. The third-order valence-corrected chi connectivity index (χ3v) is 4.18. The highest BCUT2D eigenvalue weighted by molar-refractivity contribution is 5.17. The van der Waals surface area contributed by atoms with Crippen LogP contribution >= 0.6 is 0 Å². The van der Waals surface area contributed by atoms with Crippen molar-refractivity contribution in [3.05, 3.63) is 35.4 Å². The van der Waals surface area contributed by atoms with E-state index in [4.69, 9.17) is 4.74 Å². The van der Waals surface area contributed by atoms with Gasteiger partial charge in [0, 0.05) is 19.7 Å². The number of hydrogen-bond donors (Lipinski definition) is 0. The summed E-state index contributed by atoms with van der Waals surface area (Å²) in [6.07, 6.45) is 4.31. The SMILES string of the molecule is CCOCCN1CCC[C@H](CCc2ccc(F)c(F)c2)C1. The van der Waals surface area contributed by atoms with Crippen molar-refractivity contribution in [2.45, 2.75) is 32.6 Å². The van der Waals surface area contributed by atoms with Crippen molar-refractivity contribution in [3.63, 3.8) is 0 Å². The van der Waals surface area contributed by atoms with E-state index >= 15 is 0 Å². The summed E-state index contributed by atoms with van der Waals surface area (Å²) in [7, 11) is 0. The second-order valence-corrected chi connectivity index (χ2v) is 5.79. The summed E-state index contributed by atoms with van der Waals surface area (Å²) < 4.78 is 31.5. The van der Waals surface area contributed by atoms with Crippen molar-refractivity contribution < 1.29 is 13.5 Å². The zero-order valence-electron chi connectivity index (χ0n) is 12.8. The topological polar surface area (TPSA) is 12.5 Å². The Labute approximate surface area is 126 Å². The minimum Gasteiger partial charge on any atom is -0.380 e. The van der Waals surface area contributed by atoms with Crippen LogP contribution < -0.4 is 0 Å². The van der Waals surface area contributed by atoms with Gasteiger partial charge in [0.15, 0.2) is 11.6 Å². The van der Waals surface area contributed by atoms with Gasteiger partial charge in [-0.25, -0.2) is 8.78 Å². The van der Waals surface area contributed by atoms with Gasteiger partial charge in [-0.05, 0) is 62.8 Å². The van der Waals surface area contributed by atoms with E-state index in [1.54, 1.807) is 6.07 Å². The predicted molar refractivity (Wildman–Crippen MR) is 80.3 cm³/mol. The standard InChI is InChI=1S/C17H25F2NO/c1-2-21-11-10-20-9-3-4-15(13-20)6-5-14-7-8-16(18)17(19)12-14/h7-8,12,15H,2-6,9-11,13H2,1H3/t15-/m1/s1. The minimum absolute atomic E-state index is 0.647. The number of halogens is 2. The van der Waals surface area contributed by atoms with Crippen molar-refractivity contribution in [2.24, 2.45) is 5.92 Å². The summed E-state index contributed by atoms with van der Waals surface area (Å²) in [5, 5.41) is 0. The molecule has 1 aliphatic rings. The number of nitrogens with zero attached hydrogens (tertiary/aromatic N) is 1. The van der Waals surface area contributed by atoms with Gasteiger partial charge >= 0.3 is 0 Å². The van der Waals surface area contributed by atoms with Gasteiger partial charge in [-0.1, -0.05) is 6.07 Å². The van der Waals surface area contributed by atoms with Gasteiger partial charge in [-0.15, -0.1) is 0 Å². The first-order chi connectivity index (χ1) is 10.2. The Morgan fingerprint density at radius 1 is 1.29 bits per heavy atom. The zero-order valence-corrected chi connectivity index (χ0v) is 12.8. The summed E-state index contributed by atoms with van der Waals surface area (Å²) >= 11 is 0. The van der Waals surface area contributed by atoms with E-state index in [0.717, 1.165) is 51.3 Å². The molecule has 0 amide bonds. The van der Waals surface area contributed by atoms with Crippen LogP contribution in [0.1, 0.15) is 31.7 Å². The van der Waals surface area contributed by atoms with E-state index in [2.05, 4.69) is 4.90 Å². The first-order valence-corrected chi connectivity index (χ1v) is 7.93. The molecule has 0 N–H and O–H groups in total. The predicted octanol–water partition coefficient (Wildman–Crippen LogP) is 3.65. The van der Waals surface area contributed by atoms with Crippen LogP contribution in [-0.4, -0.2) is 37.7 Å². The van der Waals surface area contributed by atoms with Crippen LogP contribution in [0.4, 0.5) is 8.78 Å². The fraction of sp³-hybridized carbons (Fsp3) is 0.647. The lowest BCUT2D eigenvalue weighted by atomic mass is 9.91. The molecule has 1 atom stereocenters. The minimum atomic E-state index is -0.765. The highest BCUT2D eigenvalue weighted by Crippen LogP contribution is 2.22. The van der Waals surface area contributed by atoms with Crippen LogP contribution in [0.25, 0.3) is 0 Å². The molecule has 2 nitrogen and oxygen atoms in total. The highest BCUT2D eigenvalue weighted by atomic mass is 19.2. The van der Waals surface area contributed by atoms with Gasteiger partial charge < -0.3 is 9.64 Å². The Morgan fingerprint density at radius 3 is 2.90 bits per heavy atom. The molecule has 0 aliphatic carbocycles. The Hall–Kier alpha value is -1.00. The van der Waals surface area contributed by atoms with E-state index in [-0.39, 0.29) is 0 Å². The lowest BCUT2D eigenvalue weighted by Gasteiger charge is -2.32. The number of ether oxygens (including phenoxy) is 1. The van der Waals surface area contributed by atoms with E-state index in [9.17, 15) is 8.78 Å². The lowest BCUT2D eigenvalue weighted by Crippen LogP contribution is -2.37. The molecule has 118 valence electrons. The molecule has 1 saturated heterocycles. The van der Waals surface area contributed by atoms with Crippen molar-refractivity contribution >= 4 is 0 Å². The maximum absolute atomic E-state index is 13.2.